The van der Waals surface area contributed by atoms with Crippen LogP contribution in [0, 0.1) is 6.57 Å². The second-order valence-electron chi connectivity index (χ2n) is 7.94. The molecule has 4 rings (SSSR count). The van der Waals surface area contributed by atoms with Crippen LogP contribution >= 0.6 is 11.8 Å². The van der Waals surface area contributed by atoms with Crippen LogP contribution in [0.15, 0.2) is 40.1 Å². The van der Waals surface area contributed by atoms with Crippen LogP contribution in [0.3, 0.4) is 0 Å². The molecule has 0 unspecified atom stereocenters. The van der Waals surface area contributed by atoms with E-state index in [1.165, 1.54) is 23.9 Å². The molecule has 1 saturated heterocycles. The SMILES string of the molecule is [C-]#[N+]c1ccc2c(c1)Sc1cc(C(F)(F)F)cc(NC3CCN(CCC)CC3)c1C2. The van der Waals surface area contributed by atoms with Gasteiger partial charge < -0.3 is 10.2 Å². The predicted octanol–water partition coefficient (Wildman–Crippen LogP) is 6.60. The minimum absolute atomic E-state index is 0.182. The average molecular weight is 432 g/mol. The minimum Gasteiger partial charge on any atom is -0.382 e. The summed E-state index contributed by atoms with van der Waals surface area (Å²) in [4.78, 5) is 7.36. The van der Waals surface area contributed by atoms with Crippen LogP contribution in [0.5, 0.6) is 0 Å². The van der Waals surface area contributed by atoms with Gasteiger partial charge in [0.25, 0.3) is 0 Å². The van der Waals surface area contributed by atoms with Crippen molar-refractivity contribution in [1.29, 1.82) is 0 Å². The third kappa shape index (κ3) is 4.45. The zero-order valence-electron chi connectivity index (χ0n) is 16.9. The highest BCUT2D eigenvalue weighted by molar-refractivity contribution is 7.99. The van der Waals surface area contributed by atoms with Gasteiger partial charge in [0.15, 0.2) is 5.69 Å². The van der Waals surface area contributed by atoms with Gasteiger partial charge in [-0.15, -0.1) is 0 Å². The molecule has 0 bridgehead atoms. The van der Waals surface area contributed by atoms with E-state index in [0.29, 0.717) is 22.7 Å². The summed E-state index contributed by atoms with van der Waals surface area (Å²) in [6.45, 7) is 12.4. The summed E-state index contributed by atoms with van der Waals surface area (Å²) in [5.41, 5.74) is 2.46. The molecule has 2 aromatic carbocycles. The first kappa shape index (κ1) is 21.1. The maximum atomic E-state index is 13.6. The van der Waals surface area contributed by atoms with Crippen molar-refractivity contribution in [3.8, 4) is 0 Å². The molecule has 2 aromatic rings. The van der Waals surface area contributed by atoms with E-state index >= 15 is 0 Å². The molecule has 0 amide bonds. The molecular formula is C23H24F3N3S. The Morgan fingerprint density at radius 2 is 1.93 bits per heavy atom. The van der Waals surface area contributed by atoms with Gasteiger partial charge in [-0.2, -0.15) is 13.2 Å². The summed E-state index contributed by atoms with van der Waals surface area (Å²) in [6.07, 6.45) is -0.836. The van der Waals surface area contributed by atoms with Crippen LogP contribution in [-0.2, 0) is 12.6 Å². The molecule has 0 aliphatic carbocycles. The zero-order chi connectivity index (χ0) is 21.3. The minimum atomic E-state index is -4.39. The van der Waals surface area contributed by atoms with Crippen molar-refractivity contribution in [2.45, 2.75) is 54.6 Å². The van der Waals surface area contributed by atoms with Gasteiger partial charge in [-0.25, -0.2) is 4.85 Å². The molecule has 0 spiro atoms. The summed E-state index contributed by atoms with van der Waals surface area (Å²) < 4.78 is 40.8. The number of nitrogens with one attached hydrogen (secondary N) is 1. The number of alkyl halides is 3. The van der Waals surface area contributed by atoms with E-state index in [2.05, 4.69) is 22.0 Å². The molecule has 1 fully saturated rings. The first-order valence-corrected chi connectivity index (χ1v) is 11.1. The number of hydrogen-bond donors (Lipinski definition) is 1. The number of likely N-dealkylation sites (tertiary alicyclic amines) is 1. The number of nitrogens with zero attached hydrogens (tertiary/aromatic N) is 2. The number of hydrogen-bond acceptors (Lipinski definition) is 3. The summed E-state index contributed by atoms with van der Waals surface area (Å²) >= 11 is 1.33. The lowest BCUT2D eigenvalue weighted by molar-refractivity contribution is -0.137. The van der Waals surface area contributed by atoms with Crippen LogP contribution in [0.2, 0.25) is 0 Å². The van der Waals surface area contributed by atoms with E-state index in [-0.39, 0.29) is 6.04 Å². The highest BCUT2D eigenvalue weighted by atomic mass is 32.2. The lowest BCUT2D eigenvalue weighted by Gasteiger charge is -2.34. The summed E-state index contributed by atoms with van der Waals surface area (Å²) in [5.74, 6) is 0. The molecular weight excluding hydrogens is 407 g/mol. The molecule has 158 valence electrons. The highest BCUT2D eigenvalue weighted by Crippen LogP contribution is 2.46. The smallest absolute Gasteiger partial charge is 0.382 e. The van der Waals surface area contributed by atoms with Crippen LogP contribution < -0.4 is 5.32 Å². The van der Waals surface area contributed by atoms with Gasteiger partial charge in [0.2, 0.25) is 0 Å². The molecule has 0 aromatic heterocycles. The molecule has 0 radical (unpaired) electrons. The van der Waals surface area contributed by atoms with Gasteiger partial charge in [0.05, 0.1) is 12.1 Å². The molecule has 3 nitrogen and oxygen atoms in total. The number of benzene rings is 2. The Hall–Kier alpha value is -2.17. The Labute approximate surface area is 179 Å². The van der Waals surface area contributed by atoms with Gasteiger partial charge >= 0.3 is 6.18 Å². The maximum absolute atomic E-state index is 13.6. The third-order valence-electron chi connectivity index (χ3n) is 5.79. The third-order valence-corrected chi connectivity index (χ3v) is 6.97. The van der Waals surface area contributed by atoms with Gasteiger partial charge in [0.1, 0.15) is 0 Å². The van der Waals surface area contributed by atoms with Crippen LogP contribution in [0.1, 0.15) is 42.9 Å². The van der Waals surface area contributed by atoms with E-state index in [9.17, 15) is 13.2 Å². The Morgan fingerprint density at radius 1 is 1.17 bits per heavy atom. The number of anilines is 1. The van der Waals surface area contributed by atoms with Gasteiger partial charge in [0, 0.05) is 41.0 Å². The van der Waals surface area contributed by atoms with E-state index in [1.807, 2.05) is 6.07 Å². The molecule has 30 heavy (non-hydrogen) atoms. The summed E-state index contributed by atoms with van der Waals surface area (Å²) in [6, 6.07) is 8.17. The molecule has 1 N–H and O–H groups in total. The quantitative estimate of drug-likeness (QED) is 0.470. The van der Waals surface area contributed by atoms with Gasteiger partial charge in [-0.3, -0.25) is 0 Å². The normalized spacial score (nSPS) is 17.2. The van der Waals surface area contributed by atoms with Crippen molar-refractivity contribution >= 4 is 23.1 Å². The Morgan fingerprint density at radius 3 is 2.60 bits per heavy atom. The maximum Gasteiger partial charge on any atom is 0.416 e. The molecule has 7 heteroatoms. The lowest BCUT2D eigenvalue weighted by Crippen LogP contribution is -2.39. The standard InChI is InChI=1S/C23H24F3N3S/c1-3-8-29-9-6-17(7-10-29)28-20-12-16(23(24,25)26)13-22-19(20)11-15-4-5-18(27-2)14-21(15)30-22/h4-5,12-14,17,28H,3,6-11H2,1H3. The largest absolute Gasteiger partial charge is 0.416 e. The molecule has 2 aliphatic heterocycles. The highest BCUT2D eigenvalue weighted by Gasteiger charge is 2.34. The first-order chi connectivity index (χ1) is 14.4. The predicted molar refractivity (Wildman–Crippen MR) is 114 cm³/mol. The first-order valence-electron chi connectivity index (χ1n) is 10.3. The molecule has 0 saturated carbocycles. The van der Waals surface area contributed by atoms with Gasteiger partial charge in [-0.1, -0.05) is 30.8 Å². The average Bonchev–Trinajstić information content (AvgIpc) is 2.72. The van der Waals surface area contributed by atoms with Crippen molar-refractivity contribution in [1.82, 2.24) is 4.90 Å². The number of fused-ring (bicyclic) bond motifs is 2. The fourth-order valence-electron chi connectivity index (χ4n) is 4.21. The second-order valence-corrected chi connectivity index (χ2v) is 9.02. The monoisotopic (exact) mass is 431 g/mol. The Kier molecular flexibility index (Phi) is 5.99. The zero-order valence-corrected chi connectivity index (χ0v) is 17.7. The van der Waals surface area contributed by atoms with Crippen LogP contribution in [0.25, 0.3) is 4.85 Å². The fourth-order valence-corrected chi connectivity index (χ4v) is 5.39. The molecule has 2 aliphatic rings. The Balaban J connectivity index is 1.63. The van der Waals surface area contributed by atoms with Crippen LogP contribution in [0.4, 0.5) is 24.5 Å². The van der Waals surface area contributed by atoms with Gasteiger partial charge in [-0.05, 0) is 55.1 Å². The van der Waals surface area contributed by atoms with Crippen molar-refractivity contribution in [2.75, 3.05) is 25.0 Å². The summed E-state index contributed by atoms with van der Waals surface area (Å²) in [5, 5.41) is 3.45. The van der Waals surface area contributed by atoms with Crippen LogP contribution in [-0.4, -0.2) is 30.6 Å². The fraction of sp³-hybridized carbons (Fsp3) is 0.435. The van der Waals surface area contributed by atoms with Crippen molar-refractivity contribution in [3.05, 3.63) is 58.4 Å². The van der Waals surface area contributed by atoms with E-state index in [0.717, 1.165) is 54.9 Å². The summed E-state index contributed by atoms with van der Waals surface area (Å²) in [7, 11) is 0. The lowest BCUT2D eigenvalue weighted by atomic mass is 9.98. The number of halogens is 3. The van der Waals surface area contributed by atoms with Crippen molar-refractivity contribution < 1.29 is 13.2 Å². The van der Waals surface area contributed by atoms with E-state index < -0.39 is 11.7 Å². The molecule has 0 atom stereocenters. The van der Waals surface area contributed by atoms with Crippen molar-refractivity contribution in [2.24, 2.45) is 0 Å². The number of piperidine rings is 1. The second kappa shape index (κ2) is 8.52. The van der Waals surface area contributed by atoms with E-state index in [4.69, 9.17) is 6.57 Å². The van der Waals surface area contributed by atoms with Crippen molar-refractivity contribution in [3.63, 3.8) is 0 Å². The topological polar surface area (TPSA) is 19.6 Å². The Bertz CT molecular complexity index is 973. The molecule has 2 heterocycles. The van der Waals surface area contributed by atoms with E-state index in [1.54, 1.807) is 12.1 Å². The number of rotatable bonds is 4.